The first-order valence-electron chi connectivity index (χ1n) is 5.30. The Morgan fingerprint density at radius 3 is 2.56 bits per heavy atom. The quantitative estimate of drug-likeness (QED) is 0.886. The fourth-order valence-corrected chi connectivity index (χ4v) is 2.38. The van der Waals surface area contributed by atoms with Gasteiger partial charge < -0.3 is 5.73 Å². The van der Waals surface area contributed by atoms with Gasteiger partial charge in [0, 0.05) is 23.3 Å². The van der Waals surface area contributed by atoms with Crippen LogP contribution >= 0.6 is 11.3 Å². The maximum absolute atomic E-state index is 6.06. The van der Waals surface area contributed by atoms with Crippen LogP contribution in [0.2, 0.25) is 0 Å². The predicted molar refractivity (Wildman–Crippen MR) is 67.1 cm³/mol. The van der Waals surface area contributed by atoms with Gasteiger partial charge in [-0.3, -0.25) is 4.98 Å². The lowest BCUT2D eigenvalue weighted by Crippen LogP contribution is -2.16. The molecule has 0 aliphatic rings. The second kappa shape index (κ2) is 4.72. The van der Waals surface area contributed by atoms with Crippen molar-refractivity contribution in [3.05, 3.63) is 34.9 Å². The SMILES string of the molecule is CC(C)C(N)c1nc(-c2ccncc2)cs1. The molecule has 0 saturated carbocycles. The van der Waals surface area contributed by atoms with Gasteiger partial charge in [-0.1, -0.05) is 13.8 Å². The maximum Gasteiger partial charge on any atom is 0.110 e. The Kier molecular flexibility index (Phi) is 3.31. The number of hydrogen-bond acceptors (Lipinski definition) is 4. The molecule has 2 heterocycles. The molecule has 0 aliphatic carbocycles. The van der Waals surface area contributed by atoms with E-state index in [0.29, 0.717) is 5.92 Å². The van der Waals surface area contributed by atoms with Crippen LogP contribution in [0.15, 0.2) is 29.9 Å². The lowest BCUT2D eigenvalue weighted by Gasteiger charge is -2.11. The standard InChI is InChI=1S/C12H15N3S/c1-8(2)11(13)12-15-10(7-16-12)9-3-5-14-6-4-9/h3-8,11H,13H2,1-2H3. The molecule has 0 aromatic carbocycles. The summed E-state index contributed by atoms with van der Waals surface area (Å²) in [5, 5.41) is 3.05. The molecule has 16 heavy (non-hydrogen) atoms. The van der Waals surface area contributed by atoms with E-state index in [1.54, 1.807) is 23.7 Å². The molecule has 2 rings (SSSR count). The van der Waals surface area contributed by atoms with Gasteiger partial charge in [0.1, 0.15) is 5.01 Å². The Morgan fingerprint density at radius 2 is 1.94 bits per heavy atom. The number of nitrogens with zero attached hydrogens (tertiary/aromatic N) is 2. The fourth-order valence-electron chi connectivity index (χ4n) is 1.38. The highest BCUT2D eigenvalue weighted by Crippen LogP contribution is 2.27. The van der Waals surface area contributed by atoms with Crippen molar-refractivity contribution in [2.45, 2.75) is 19.9 Å². The van der Waals surface area contributed by atoms with Crippen molar-refractivity contribution >= 4 is 11.3 Å². The molecule has 4 heteroatoms. The van der Waals surface area contributed by atoms with Crippen molar-refractivity contribution in [3.8, 4) is 11.3 Å². The zero-order valence-electron chi connectivity index (χ0n) is 9.42. The summed E-state index contributed by atoms with van der Waals surface area (Å²) < 4.78 is 0. The zero-order valence-corrected chi connectivity index (χ0v) is 10.2. The summed E-state index contributed by atoms with van der Waals surface area (Å²) in [7, 11) is 0. The molecule has 1 atom stereocenters. The molecule has 2 N–H and O–H groups in total. The summed E-state index contributed by atoms with van der Waals surface area (Å²) in [5.41, 5.74) is 8.14. The van der Waals surface area contributed by atoms with Gasteiger partial charge in [-0.05, 0) is 18.1 Å². The number of rotatable bonds is 3. The Labute approximate surface area is 99.4 Å². The molecule has 1 unspecified atom stereocenters. The molecule has 0 bridgehead atoms. The van der Waals surface area contributed by atoms with Crippen LogP contribution in [0, 0.1) is 5.92 Å². The highest BCUT2D eigenvalue weighted by molar-refractivity contribution is 7.10. The Morgan fingerprint density at radius 1 is 1.25 bits per heavy atom. The number of hydrogen-bond donors (Lipinski definition) is 1. The van der Waals surface area contributed by atoms with Crippen LogP contribution < -0.4 is 5.73 Å². The van der Waals surface area contributed by atoms with Gasteiger partial charge in [-0.15, -0.1) is 11.3 Å². The van der Waals surface area contributed by atoms with Crippen LogP contribution in [0.1, 0.15) is 24.9 Å². The van der Waals surface area contributed by atoms with Crippen molar-refractivity contribution in [1.82, 2.24) is 9.97 Å². The molecule has 0 aliphatic heterocycles. The normalized spacial score (nSPS) is 13.0. The van der Waals surface area contributed by atoms with Crippen LogP contribution in [-0.2, 0) is 0 Å². The van der Waals surface area contributed by atoms with E-state index in [4.69, 9.17) is 5.73 Å². The zero-order chi connectivity index (χ0) is 11.5. The van der Waals surface area contributed by atoms with Crippen LogP contribution in [0.5, 0.6) is 0 Å². The van der Waals surface area contributed by atoms with Gasteiger partial charge in [0.15, 0.2) is 0 Å². The van der Waals surface area contributed by atoms with Gasteiger partial charge in [-0.2, -0.15) is 0 Å². The first-order valence-corrected chi connectivity index (χ1v) is 6.18. The van der Waals surface area contributed by atoms with Crippen molar-refractivity contribution < 1.29 is 0 Å². The van der Waals surface area contributed by atoms with Crippen LogP contribution in [0.25, 0.3) is 11.3 Å². The van der Waals surface area contributed by atoms with Gasteiger partial charge in [0.25, 0.3) is 0 Å². The largest absolute Gasteiger partial charge is 0.322 e. The third-order valence-corrected chi connectivity index (χ3v) is 3.45. The molecule has 0 radical (unpaired) electrons. The Balaban J connectivity index is 2.27. The summed E-state index contributed by atoms with van der Waals surface area (Å²) in [6.07, 6.45) is 3.55. The topological polar surface area (TPSA) is 51.8 Å². The van der Waals surface area contributed by atoms with E-state index in [9.17, 15) is 0 Å². The lowest BCUT2D eigenvalue weighted by molar-refractivity contribution is 0.512. The van der Waals surface area contributed by atoms with Crippen LogP contribution in [0.4, 0.5) is 0 Å². The highest BCUT2D eigenvalue weighted by atomic mass is 32.1. The van der Waals surface area contributed by atoms with Gasteiger partial charge >= 0.3 is 0 Å². The second-order valence-electron chi connectivity index (χ2n) is 4.08. The number of aromatic nitrogens is 2. The molecule has 0 saturated heterocycles. The maximum atomic E-state index is 6.06. The first-order chi connectivity index (χ1) is 7.68. The monoisotopic (exact) mass is 233 g/mol. The summed E-state index contributed by atoms with van der Waals surface area (Å²) >= 11 is 1.62. The molecule has 84 valence electrons. The molecule has 0 fully saturated rings. The molecular formula is C12H15N3S. The Hall–Kier alpha value is -1.26. The van der Waals surface area contributed by atoms with E-state index >= 15 is 0 Å². The number of pyridine rings is 1. The third kappa shape index (κ3) is 2.28. The number of thiazole rings is 1. The molecule has 0 amide bonds. The van der Waals surface area contributed by atoms with Crippen molar-refractivity contribution in [2.24, 2.45) is 11.7 Å². The summed E-state index contributed by atoms with van der Waals surface area (Å²) in [5.74, 6) is 0.413. The summed E-state index contributed by atoms with van der Waals surface area (Å²) in [6.45, 7) is 4.22. The van der Waals surface area contributed by atoms with E-state index in [0.717, 1.165) is 16.3 Å². The lowest BCUT2D eigenvalue weighted by atomic mass is 10.1. The molecule has 0 spiro atoms. The molecule has 3 nitrogen and oxygen atoms in total. The van der Waals surface area contributed by atoms with E-state index in [-0.39, 0.29) is 6.04 Å². The predicted octanol–water partition coefficient (Wildman–Crippen LogP) is 2.86. The van der Waals surface area contributed by atoms with Crippen molar-refractivity contribution in [1.29, 1.82) is 0 Å². The van der Waals surface area contributed by atoms with Gasteiger partial charge in [-0.25, -0.2) is 4.98 Å². The number of nitrogens with two attached hydrogens (primary N) is 1. The van der Waals surface area contributed by atoms with Crippen molar-refractivity contribution in [3.63, 3.8) is 0 Å². The summed E-state index contributed by atoms with van der Waals surface area (Å²) in [4.78, 5) is 8.56. The summed E-state index contributed by atoms with van der Waals surface area (Å²) in [6, 6.07) is 3.94. The van der Waals surface area contributed by atoms with E-state index in [1.165, 1.54) is 0 Å². The molecule has 2 aromatic heterocycles. The third-order valence-electron chi connectivity index (χ3n) is 2.50. The minimum atomic E-state index is 0.0283. The smallest absolute Gasteiger partial charge is 0.110 e. The average molecular weight is 233 g/mol. The van der Waals surface area contributed by atoms with E-state index < -0.39 is 0 Å². The van der Waals surface area contributed by atoms with Crippen LogP contribution in [0.3, 0.4) is 0 Å². The average Bonchev–Trinajstić information content (AvgIpc) is 2.78. The highest BCUT2D eigenvalue weighted by Gasteiger charge is 2.14. The van der Waals surface area contributed by atoms with Crippen LogP contribution in [-0.4, -0.2) is 9.97 Å². The first kappa shape index (κ1) is 11.2. The minimum absolute atomic E-state index is 0.0283. The van der Waals surface area contributed by atoms with Gasteiger partial charge in [0.2, 0.25) is 0 Å². The van der Waals surface area contributed by atoms with E-state index in [1.807, 2.05) is 17.5 Å². The minimum Gasteiger partial charge on any atom is -0.322 e. The molecule has 2 aromatic rings. The van der Waals surface area contributed by atoms with Crippen molar-refractivity contribution in [2.75, 3.05) is 0 Å². The fraction of sp³-hybridized carbons (Fsp3) is 0.333. The molecular weight excluding hydrogens is 218 g/mol. The van der Waals surface area contributed by atoms with Gasteiger partial charge in [0.05, 0.1) is 11.7 Å². The second-order valence-corrected chi connectivity index (χ2v) is 4.97. The Bertz CT molecular complexity index is 450. The van der Waals surface area contributed by atoms with E-state index in [2.05, 4.69) is 23.8 Å².